The number of carbonyl (C=O) groups excluding carboxylic acids is 1. The number of carbonyl (C=O) groups is 1. The molecule has 0 aromatic carbocycles. The quantitative estimate of drug-likeness (QED) is 0.841. The SMILES string of the molecule is CC1CC(C)CN(C(=O)NCC(C2CCOC2)N2CCOCC2)C1. The maximum atomic E-state index is 12.6. The second-order valence-corrected chi connectivity index (χ2v) is 7.88. The Kier molecular flexibility index (Phi) is 6.36. The van der Waals surface area contributed by atoms with Crippen LogP contribution in [-0.2, 0) is 9.47 Å². The summed E-state index contributed by atoms with van der Waals surface area (Å²) in [7, 11) is 0. The van der Waals surface area contributed by atoms with Crippen molar-refractivity contribution in [3.05, 3.63) is 0 Å². The number of nitrogens with one attached hydrogen (secondary N) is 1. The Balaban J connectivity index is 1.55. The normalized spacial score (nSPS) is 33.4. The van der Waals surface area contributed by atoms with Gasteiger partial charge in [-0.2, -0.15) is 0 Å². The molecule has 4 atom stereocenters. The Morgan fingerprint density at radius 3 is 2.46 bits per heavy atom. The summed E-state index contributed by atoms with van der Waals surface area (Å²) >= 11 is 0. The summed E-state index contributed by atoms with van der Waals surface area (Å²) in [4.78, 5) is 17.1. The van der Waals surface area contributed by atoms with E-state index in [1.807, 2.05) is 4.90 Å². The van der Waals surface area contributed by atoms with Crippen molar-refractivity contribution in [3.63, 3.8) is 0 Å². The highest BCUT2D eigenvalue weighted by atomic mass is 16.5. The first-order valence-electron chi connectivity index (χ1n) is 9.55. The molecule has 3 fully saturated rings. The number of likely N-dealkylation sites (tertiary alicyclic amines) is 1. The predicted octanol–water partition coefficient (Wildman–Crippen LogP) is 1.41. The number of piperidine rings is 1. The van der Waals surface area contributed by atoms with Crippen molar-refractivity contribution in [1.29, 1.82) is 0 Å². The maximum Gasteiger partial charge on any atom is 0.317 e. The molecule has 0 bridgehead atoms. The standard InChI is InChI=1S/C18H33N3O3/c1-14-9-15(2)12-21(11-14)18(22)19-10-17(16-3-6-24-13-16)20-4-7-23-8-5-20/h14-17H,3-13H2,1-2H3,(H,19,22). The molecule has 0 saturated carbocycles. The Hall–Kier alpha value is -0.850. The average Bonchev–Trinajstić information content (AvgIpc) is 3.09. The van der Waals surface area contributed by atoms with E-state index in [2.05, 4.69) is 24.1 Å². The van der Waals surface area contributed by atoms with Gasteiger partial charge in [0, 0.05) is 51.3 Å². The summed E-state index contributed by atoms with van der Waals surface area (Å²) < 4.78 is 11.1. The minimum Gasteiger partial charge on any atom is -0.381 e. The molecule has 0 aromatic heterocycles. The van der Waals surface area contributed by atoms with Gasteiger partial charge in [0.1, 0.15) is 0 Å². The number of ether oxygens (including phenoxy) is 2. The molecular formula is C18H33N3O3. The highest BCUT2D eigenvalue weighted by Crippen LogP contribution is 2.23. The van der Waals surface area contributed by atoms with Crippen molar-refractivity contribution in [2.75, 3.05) is 59.2 Å². The van der Waals surface area contributed by atoms with Crippen LogP contribution in [0.1, 0.15) is 26.7 Å². The first kappa shape index (κ1) is 18.0. The third kappa shape index (κ3) is 4.61. The van der Waals surface area contributed by atoms with Crippen LogP contribution in [0.4, 0.5) is 4.79 Å². The van der Waals surface area contributed by atoms with Gasteiger partial charge in [0.25, 0.3) is 0 Å². The van der Waals surface area contributed by atoms with Crippen LogP contribution in [-0.4, -0.2) is 81.0 Å². The number of hydrogen-bond acceptors (Lipinski definition) is 4. The lowest BCUT2D eigenvalue weighted by Crippen LogP contribution is -2.55. The second-order valence-electron chi connectivity index (χ2n) is 7.88. The number of hydrogen-bond donors (Lipinski definition) is 1. The molecule has 24 heavy (non-hydrogen) atoms. The van der Waals surface area contributed by atoms with Gasteiger partial charge >= 0.3 is 6.03 Å². The lowest BCUT2D eigenvalue weighted by atomic mass is 9.92. The lowest BCUT2D eigenvalue weighted by molar-refractivity contribution is 0.00171. The fourth-order valence-electron chi connectivity index (χ4n) is 4.49. The molecule has 0 aliphatic carbocycles. The molecule has 3 saturated heterocycles. The van der Waals surface area contributed by atoms with E-state index in [1.165, 1.54) is 6.42 Å². The van der Waals surface area contributed by atoms with Crippen LogP contribution in [0.25, 0.3) is 0 Å². The van der Waals surface area contributed by atoms with Crippen molar-refractivity contribution in [3.8, 4) is 0 Å². The van der Waals surface area contributed by atoms with Gasteiger partial charge in [-0.05, 0) is 24.7 Å². The first-order chi connectivity index (χ1) is 11.6. The van der Waals surface area contributed by atoms with Gasteiger partial charge in [-0.3, -0.25) is 4.90 Å². The molecule has 138 valence electrons. The Morgan fingerprint density at radius 2 is 1.83 bits per heavy atom. The van der Waals surface area contributed by atoms with Gasteiger partial charge in [-0.25, -0.2) is 4.79 Å². The monoisotopic (exact) mass is 339 g/mol. The number of rotatable bonds is 4. The summed E-state index contributed by atoms with van der Waals surface area (Å²) in [6, 6.07) is 0.463. The highest BCUT2D eigenvalue weighted by molar-refractivity contribution is 5.74. The van der Waals surface area contributed by atoms with Gasteiger partial charge in [0.05, 0.1) is 19.8 Å². The summed E-state index contributed by atoms with van der Waals surface area (Å²) in [5.74, 6) is 1.71. The van der Waals surface area contributed by atoms with E-state index in [0.29, 0.717) is 30.3 Å². The first-order valence-corrected chi connectivity index (χ1v) is 9.55. The van der Waals surface area contributed by atoms with E-state index in [9.17, 15) is 4.79 Å². The molecule has 6 nitrogen and oxygen atoms in total. The van der Waals surface area contributed by atoms with Crippen LogP contribution in [0.15, 0.2) is 0 Å². The molecule has 2 amide bonds. The zero-order chi connectivity index (χ0) is 16.9. The van der Waals surface area contributed by atoms with E-state index >= 15 is 0 Å². The zero-order valence-corrected chi connectivity index (χ0v) is 15.2. The molecule has 3 aliphatic rings. The van der Waals surface area contributed by atoms with E-state index < -0.39 is 0 Å². The number of amides is 2. The number of nitrogens with zero attached hydrogens (tertiary/aromatic N) is 2. The van der Waals surface area contributed by atoms with E-state index in [0.717, 1.165) is 59.0 Å². The summed E-state index contributed by atoms with van der Waals surface area (Å²) in [6.07, 6.45) is 2.31. The summed E-state index contributed by atoms with van der Waals surface area (Å²) in [6.45, 7) is 12.1. The third-order valence-corrected chi connectivity index (χ3v) is 5.64. The van der Waals surface area contributed by atoms with Crippen LogP contribution in [0.5, 0.6) is 0 Å². The van der Waals surface area contributed by atoms with E-state index in [4.69, 9.17) is 9.47 Å². The van der Waals surface area contributed by atoms with Crippen LogP contribution < -0.4 is 5.32 Å². The topological polar surface area (TPSA) is 54.0 Å². The van der Waals surface area contributed by atoms with Gasteiger partial charge in [-0.15, -0.1) is 0 Å². The molecule has 3 heterocycles. The molecule has 3 rings (SSSR count). The van der Waals surface area contributed by atoms with E-state index in [1.54, 1.807) is 0 Å². The van der Waals surface area contributed by atoms with Crippen LogP contribution in [0, 0.1) is 17.8 Å². The zero-order valence-electron chi connectivity index (χ0n) is 15.2. The fraction of sp³-hybridized carbons (Fsp3) is 0.944. The van der Waals surface area contributed by atoms with Crippen molar-refractivity contribution in [2.24, 2.45) is 17.8 Å². The van der Waals surface area contributed by atoms with Gasteiger partial charge in [-0.1, -0.05) is 13.8 Å². The van der Waals surface area contributed by atoms with Crippen LogP contribution in [0.3, 0.4) is 0 Å². The maximum absolute atomic E-state index is 12.6. The molecular weight excluding hydrogens is 306 g/mol. The molecule has 0 spiro atoms. The van der Waals surface area contributed by atoms with Crippen molar-refractivity contribution in [2.45, 2.75) is 32.7 Å². The van der Waals surface area contributed by atoms with Crippen LogP contribution in [0.2, 0.25) is 0 Å². The number of urea groups is 1. The molecule has 4 unspecified atom stereocenters. The highest BCUT2D eigenvalue weighted by Gasteiger charge is 2.32. The fourth-order valence-corrected chi connectivity index (χ4v) is 4.49. The minimum atomic E-state index is 0.102. The lowest BCUT2D eigenvalue weighted by Gasteiger charge is -2.39. The molecule has 3 aliphatic heterocycles. The second kappa shape index (κ2) is 8.50. The Labute approximate surface area is 145 Å². The predicted molar refractivity (Wildman–Crippen MR) is 93.0 cm³/mol. The van der Waals surface area contributed by atoms with Gasteiger partial charge < -0.3 is 19.7 Å². The van der Waals surface area contributed by atoms with Crippen molar-refractivity contribution in [1.82, 2.24) is 15.1 Å². The summed E-state index contributed by atoms with van der Waals surface area (Å²) in [5.41, 5.74) is 0. The van der Waals surface area contributed by atoms with Crippen molar-refractivity contribution >= 4 is 6.03 Å². The van der Waals surface area contributed by atoms with Gasteiger partial charge in [0.2, 0.25) is 0 Å². The van der Waals surface area contributed by atoms with Gasteiger partial charge in [0.15, 0.2) is 0 Å². The Bertz CT molecular complexity index is 398. The van der Waals surface area contributed by atoms with E-state index in [-0.39, 0.29) is 6.03 Å². The Morgan fingerprint density at radius 1 is 1.12 bits per heavy atom. The third-order valence-electron chi connectivity index (χ3n) is 5.64. The van der Waals surface area contributed by atoms with Crippen LogP contribution >= 0.6 is 0 Å². The summed E-state index contributed by atoms with van der Waals surface area (Å²) in [5, 5.41) is 3.22. The largest absolute Gasteiger partial charge is 0.381 e. The molecule has 6 heteroatoms. The molecule has 0 aromatic rings. The van der Waals surface area contributed by atoms with Crippen molar-refractivity contribution < 1.29 is 14.3 Å². The molecule has 0 radical (unpaired) electrons. The molecule has 1 N–H and O–H groups in total. The number of morpholine rings is 1. The average molecular weight is 339 g/mol. The smallest absolute Gasteiger partial charge is 0.317 e. The minimum absolute atomic E-state index is 0.102.